The first kappa shape index (κ1) is 52.1. The maximum atomic E-state index is 12.8. The minimum Gasteiger partial charge on any atom is -0.462 e. The van der Waals surface area contributed by atoms with E-state index in [2.05, 4.69) is 74.6 Å². The SMILES string of the molecule is CC/C=C\C/C=C\C/C=C\C/C=C\C/C=C\CCCC(=O)OC(COC(=O)CCCCCCC/C=C\CCCCC)COC1OC(CS(=O)(=O)O)C(O)C(O)C1O. The first-order chi connectivity index (χ1) is 27.5. The Balaban J connectivity index is 2.55. The lowest BCUT2D eigenvalue weighted by atomic mass is 10.00. The number of carbonyl (C=O) groups excluding carboxylic acids is 2. The van der Waals surface area contributed by atoms with Crippen LogP contribution in [0, 0.1) is 0 Å². The highest BCUT2D eigenvalue weighted by atomic mass is 32.2. The van der Waals surface area contributed by atoms with Gasteiger partial charge in [0.05, 0.1) is 6.61 Å². The van der Waals surface area contributed by atoms with Crippen molar-refractivity contribution < 1.29 is 56.8 Å². The fraction of sp³-hybridized carbons (Fsp3) is 0.682. The van der Waals surface area contributed by atoms with Crippen molar-refractivity contribution in [3.8, 4) is 0 Å². The minimum absolute atomic E-state index is 0.0807. The second-order valence-electron chi connectivity index (χ2n) is 14.3. The van der Waals surface area contributed by atoms with E-state index in [0.717, 1.165) is 70.6 Å². The van der Waals surface area contributed by atoms with Crippen LogP contribution in [0.2, 0.25) is 0 Å². The molecule has 1 aliphatic rings. The molecule has 0 bridgehead atoms. The number of aliphatic hydroxyl groups is 3. The summed E-state index contributed by atoms with van der Waals surface area (Å²) >= 11 is 0. The Bertz CT molecular complexity index is 1340. The summed E-state index contributed by atoms with van der Waals surface area (Å²) in [6, 6.07) is 0. The molecule has 326 valence electrons. The normalized spacial score (nSPS) is 21.3. The quantitative estimate of drug-likeness (QED) is 0.0217. The van der Waals surface area contributed by atoms with Gasteiger partial charge in [-0.15, -0.1) is 0 Å². The Morgan fingerprint density at radius 2 is 1.12 bits per heavy atom. The van der Waals surface area contributed by atoms with E-state index < -0.39 is 71.2 Å². The van der Waals surface area contributed by atoms with Crippen LogP contribution < -0.4 is 0 Å². The van der Waals surface area contributed by atoms with Crippen LogP contribution in [0.15, 0.2) is 72.9 Å². The molecule has 13 heteroatoms. The molecule has 1 fully saturated rings. The van der Waals surface area contributed by atoms with Gasteiger partial charge in [0, 0.05) is 12.8 Å². The number of unbranched alkanes of at least 4 members (excludes halogenated alkanes) is 9. The van der Waals surface area contributed by atoms with Gasteiger partial charge in [-0.25, -0.2) is 0 Å². The largest absolute Gasteiger partial charge is 0.462 e. The molecule has 0 radical (unpaired) electrons. The van der Waals surface area contributed by atoms with E-state index in [-0.39, 0.29) is 19.4 Å². The number of allylic oxidation sites excluding steroid dienone is 12. The third-order valence-electron chi connectivity index (χ3n) is 9.02. The van der Waals surface area contributed by atoms with Crippen molar-refractivity contribution in [2.45, 2.75) is 173 Å². The molecule has 4 N–H and O–H groups in total. The van der Waals surface area contributed by atoms with Gasteiger partial charge in [-0.05, 0) is 77.0 Å². The molecule has 1 rings (SSSR count). The third-order valence-corrected chi connectivity index (χ3v) is 9.77. The molecule has 0 aromatic carbocycles. The van der Waals surface area contributed by atoms with Crippen LogP contribution >= 0.6 is 0 Å². The molecule has 1 saturated heterocycles. The predicted molar refractivity (Wildman–Crippen MR) is 224 cm³/mol. The van der Waals surface area contributed by atoms with Gasteiger partial charge < -0.3 is 34.3 Å². The molecule has 0 saturated carbocycles. The maximum absolute atomic E-state index is 12.8. The predicted octanol–water partition coefficient (Wildman–Crippen LogP) is 7.94. The molecule has 57 heavy (non-hydrogen) atoms. The number of rotatable bonds is 33. The number of carbonyl (C=O) groups is 2. The average molecular weight is 825 g/mol. The van der Waals surface area contributed by atoms with E-state index in [1.807, 2.05) is 12.2 Å². The molecule has 6 unspecified atom stereocenters. The Morgan fingerprint density at radius 3 is 1.72 bits per heavy atom. The van der Waals surface area contributed by atoms with E-state index in [4.69, 9.17) is 18.9 Å². The molecule has 0 aromatic heterocycles. The van der Waals surface area contributed by atoms with Crippen molar-refractivity contribution >= 4 is 22.1 Å². The molecular weight excluding hydrogens is 753 g/mol. The standard InChI is InChI=1S/C44H72O12S/c1-3-5-7-9-11-13-15-17-18-19-20-21-23-25-27-29-31-33-40(46)55-37(35-54-44-43(49)42(48)41(47)38(56-44)36-57(50,51)52)34-53-39(45)32-30-28-26-24-22-16-14-12-10-8-6-4-2/h5,7,11-14,17-18,20-21,25,27,37-38,41-44,47-49H,3-4,6,8-10,15-16,19,22-24,26,28-36H2,1-2H3,(H,50,51,52)/b7-5-,13-11-,14-12-,18-17-,21-20-,27-25-. The van der Waals surface area contributed by atoms with Gasteiger partial charge in [0.1, 0.15) is 36.8 Å². The van der Waals surface area contributed by atoms with Crippen molar-refractivity contribution in [3.05, 3.63) is 72.9 Å². The van der Waals surface area contributed by atoms with Crippen molar-refractivity contribution in [2.75, 3.05) is 19.0 Å². The first-order valence-corrected chi connectivity index (χ1v) is 22.6. The van der Waals surface area contributed by atoms with E-state index in [1.54, 1.807) is 0 Å². The van der Waals surface area contributed by atoms with E-state index in [9.17, 15) is 37.9 Å². The van der Waals surface area contributed by atoms with Crippen LogP contribution in [0.1, 0.15) is 136 Å². The van der Waals surface area contributed by atoms with Gasteiger partial charge >= 0.3 is 11.9 Å². The maximum Gasteiger partial charge on any atom is 0.306 e. The van der Waals surface area contributed by atoms with Crippen LogP contribution in [-0.4, -0.2) is 96.0 Å². The lowest BCUT2D eigenvalue weighted by molar-refractivity contribution is -0.297. The van der Waals surface area contributed by atoms with Crippen molar-refractivity contribution in [2.24, 2.45) is 0 Å². The minimum atomic E-state index is -4.61. The Kier molecular flexibility index (Phi) is 31.1. The summed E-state index contributed by atoms with van der Waals surface area (Å²) in [4.78, 5) is 25.3. The summed E-state index contributed by atoms with van der Waals surface area (Å²) in [5, 5.41) is 30.8. The highest BCUT2D eigenvalue weighted by molar-refractivity contribution is 7.85. The zero-order valence-electron chi connectivity index (χ0n) is 34.4. The lowest BCUT2D eigenvalue weighted by Gasteiger charge is -2.40. The Morgan fingerprint density at radius 1 is 0.614 bits per heavy atom. The fourth-order valence-corrected chi connectivity index (χ4v) is 6.45. The molecule has 0 aromatic rings. The lowest BCUT2D eigenvalue weighted by Crippen LogP contribution is -2.60. The summed E-state index contributed by atoms with van der Waals surface area (Å²) in [5.74, 6) is -2.08. The topological polar surface area (TPSA) is 186 Å². The highest BCUT2D eigenvalue weighted by Crippen LogP contribution is 2.24. The third kappa shape index (κ3) is 29.0. The van der Waals surface area contributed by atoms with Gasteiger partial charge in [-0.2, -0.15) is 8.42 Å². The summed E-state index contributed by atoms with van der Waals surface area (Å²) in [7, 11) is -4.61. The summed E-state index contributed by atoms with van der Waals surface area (Å²) < 4.78 is 53.9. The molecular formula is C44H72O12S. The van der Waals surface area contributed by atoms with Crippen LogP contribution in [0.25, 0.3) is 0 Å². The van der Waals surface area contributed by atoms with Crippen LogP contribution in [0.4, 0.5) is 0 Å². The molecule has 0 amide bonds. The fourth-order valence-electron chi connectivity index (χ4n) is 5.76. The summed E-state index contributed by atoms with van der Waals surface area (Å²) in [5.41, 5.74) is 0. The van der Waals surface area contributed by atoms with E-state index >= 15 is 0 Å². The molecule has 6 atom stereocenters. The molecule has 1 aliphatic heterocycles. The van der Waals surface area contributed by atoms with E-state index in [1.165, 1.54) is 19.3 Å². The van der Waals surface area contributed by atoms with E-state index in [0.29, 0.717) is 19.3 Å². The van der Waals surface area contributed by atoms with Crippen molar-refractivity contribution in [1.82, 2.24) is 0 Å². The smallest absolute Gasteiger partial charge is 0.306 e. The Labute approximate surface area is 342 Å². The van der Waals surface area contributed by atoms with Crippen molar-refractivity contribution in [1.29, 1.82) is 0 Å². The first-order valence-electron chi connectivity index (χ1n) is 21.0. The van der Waals surface area contributed by atoms with Gasteiger partial charge in [0.25, 0.3) is 10.1 Å². The number of hydrogen-bond acceptors (Lipinski definition) is 11. The summed E-state index contributed by atoms with van der Waals surface area (Å²) in [6.45, 7) is 3.54. The number of ether oxygens (including phenoxy) is 4. The zero-order valence-corrected chi connectivity index (χ0v) is 35.2. The monoisotopic (exact) mass is 824 g/mol. The summed E-state index contributed by atoms with van der Waals surface area (Å²) in [6.07, 6.45) is 32.5. The van der Waals surface area contributed by atoms with Gasteiger partial charge in [0.15, 0.2) is 12.4 Å². The van der Waals surface area contributed by atoms with Gasteiger partial charge in [-0.3, -0.25) is 14.1 Å². The highest BCUT2D eigenvalue weighted by Gasteiger charge is 2.46. The average Bonchev–Trinajstić information content (AvgIpc) is 3.17. The second kappa shape index (κ2) is 34.0. The molecule has 12 nitrogen and oxygen atoms in total. The molecule has 0 spiro atoms. The number of aliphatic hydroxyl groups excluding tert-OH is 3. The van der Waals surface area contributed by atoms with Crippen LogP contribution in [0.5, 0.6) is 0 Å². The van der Waals surface area contributed by atoms with Crippen LogP contribution in [-0.2, 0) is 38.7 Å². The molecule has 0 aliphatic carbocycles. The zero-order chi connectivity index (χ0) is 42.0. The van der Waals surface area contributed by atoms with Crippen LogP contribution in [0.3, 0.4) is 0 Å². The number of hydrogen-bond donors (Lipinski definition) is 4. The molecule has 1 heterocycles. The van der Waals surface area contributed by atoms with Gasteiger partial charge in [0.2, 0.25) is 0 Å². The Hall–Kier alpha value is -2.91. The van der Waals surface area contributed by atoms with Gasteiger partial charge in [-0.1, -0.05) is 119 Å². The van der Waals surface area contributed by atoms with Crippen molar-refractivity contribution in [3.63, 3.8) is 0 Å². The second-order valence-corrected chi connectivity index (χ2v) is 15.8. The number of esters is 2.